The van der Waals surface area contributed by atoms with E-state index < -0.39 is 0 Å². The molecular weight excluding hydrogens is 217 g/mol. The number of pyridine rings is 1. The molecule has 0 aliphatic rings. The van der Waals surface area contributed by atoms with Gasteiger partial charge in [-0.25, -0.2) is 9.37 Å². The number of aryl methyl sites for hydroxylation is 1. The van der Waals surface area contributed by atoms with Gasteiger partial charge in [0.1, 0.15) is 17.6 Å². The van der Waals surface area contributed by atoms with Crippen LogP contribution < -0.4 is 5.32 Å². The summed E-state index contributed by atoms with van der Waals surface area (Å²) in [5.41, 5.74) is 2.35. The van der Waals surface area contributed by atoms with Crippen LogP contribution in [0.1, 0.15) is 11.3 Å². The smallest absolute Gasteiger partial charge is 0.146 e. The van der Waals surface area contributed by atoms with Gasteiger partial charge in [-0.1, -0.05) is 6.07 Å². The normalized spacial score (nSPS) is 9.71. The van der Waals surface area contributed by atoms with E-state index in [1.165, 1.54) is 12.3 Å². The Balaban J connectivity index is 2.25. The van der Waals surface area contributed by atoms with Crippen LogP contribution >= 0.6 is 0 Å². The lowest BCUT2D eigenvalue weighted by atomic mass is 10.2. The van der Waals surface area contributed by atoms with Crippen LogP contribution in [0.4, 0.5) is 15.8 Å². The van der Waals surface area contributed by atoms with Crippen LogP contribution in [0.15, 0.2) is 36.5 Å². The van der Waals surface area contributed by atoms with Crippen molar-refractivity contribution in [1.29, 1.82) is 5.26 Å². The van der Waals surface area contributed by atoms with Crippen LogP contribution in [-0.2, 0) is 0 Å². The van der Waals surface area contributed by atoms with E-state index in [0.29, 0.717) is 17.1 Å². The van der Waals surface area contributed by atoms with E-state index >= 15 is 0 Å². The minimum Gasteiger partial charge on any atom is -0.352 e. The summed E-state index contributed by atoms with van der Waals surface area (Å²) < 4.78 is 13.5. The molecule has 1 N–H and O–H groups in total. The predicted molar refractivity (Wildman–Crippen MR) is 63.4 cm³/mol. The Morgan fingerprint density at radius 1 is 1.29 bits per heavy atom. The highest BCUT2D eigenvalue weighted by Gasteiger charge is 2.02. The van der Waals surface area contributed by atoms with E-state index in [9.17, 15) is 4.39 Å². The van der Waals surface area contributed by atoms with Gasteiger partial charge in [0.05, 0.1) is 17.6 Å². The predicted octanol–water partition coefficient (Wildman–Crippen LogP) is 3.14. The average molecular weight is 227 g/mol. The highest BCUT2D eigenvalue weighted by atomic mass is 19.1. The summed E-state index contributed by atoms with van der Waals surface area (Å²) in [6, 6.07) is 10.0. The molecule has 1 aromatic carbocycles. The molecule has 0 saturated heterocycles. The molecule has 84 valence electrons. The summed E-state index contributed by atoms with van der Waals surface area (Å²) in [5, 5.41) is 11.5. The summed E-state index contributed by atoms with van der Waals surface area (Å²) in [5.74, 6) is -0.319. The zero-order chi connectivity index (χ0) is 12.3. The van der Waals surface area contributed by atoms with Gasteiger partial charge in [-0.05, 0) is 36.8 Å². The average Bonchev–Trinajstić information content (AvgIpc) is 2.35. The maximum atomic E-state index is 13.5. The number of halogens is 1. The summed E-state index contributed by atoms with van der Waals surface area (Å²) in [6.45, 7) is 1.89. The van der Waals surface area contributed by atoms with Crippen molar-refractivity contribution in [3.05, 3.63) is 53.6 Å². The molecule has 1 aromatic heterocycles. The zero-order valence-electron chi connectivity index (χ0n) is 9.24. The SMILES string of the molecule is Cc1ccc(F)c(Nc2ccc(C#N)nc2)c1. The van der Waals surface area contributed by atoms with Gasteiger partial charge in [-0.2, -0.15) is 5.26 Å². The number of anilines is 2. The molecule has 2 rings (SSSR count). The molecule has 0 aliphatic carbocycles. The van der Waals surface area contributed by atoms with Crippen molar-refractivity contribution >= 4 is 11.4 Å². The molecule has 0 bridgehead atoms. The topological polar surface area (TPSA) is 48.7 Å². The molecule has 0 saturated carbocycles. The molecule has 0 aliphatic heterocycles. The quantitative estimate of drug-likeness (QED) is 0.857. The van der Waals surface area contributed by atoms with Crippen LogP contribution in [-0.4, -0.2) is 4.98 Å². The van der Waals surface area contributed by atoms with Gasteiger partial charge in [0.15, 0.2) is 0 Å². The second-order valence-electron chi connectivity index (χ2n) is 3.65. The van der Waals surface area contributed by atoms with Crippen molar-refractivity contribution in [2.45, 2.75) is 6.92 Å². The van der Waals surface area contributed by atoms with E-state index in [-0.39, 0.29) is 5.82 Å². The Morgan fingerprint density at radius 3 is 2.76 bits per heavy atom. The molecular formula is C13H10FN3. The fraction of sp³-hybridized carbons (Fsp3) is 0.0769. The van der Waals surface area contributed by atoms with Gasteiger partial charge in [0.2, 0.25) is 0 Å². The van der Waals surface area contributed by atoms with Gasteiger partial charge >= 0.3 is 0 Å². The number of benzene rings is 1. The minimum atomic E-state index is -0.319. The van der Waals surface area contributed by atoms with Crippen LogP contribution in [0.2, 0.25) is 0 Å². The third kappa shape index (κ3) is 2.58. The molecule has 0 amide bonds. The largest absolute Gasteiger partial charge is 0.352 e. The Kier molecular flexibility index (Phi) is 3.01. The number of nitriles is 1. The van der Waals surface area contributed by atoms with Crippen molar-refractivity contribution < 1.29 is 4.39 Å². The van der Waals surface area contributed by atoms with Crippen molar-refractivity contribution in [1.82, 2.24) is 4.98 Å². The summed E-state index contributed by atoms with van der Waals surface area (Å²) in [7, 11) is 0. The van der Waals surface area contributed by atoms with Gasteiger partial charge in [0, 0.05) is 0 Å². The van der Waals surface area contributed by atoms with Gasteiger partial charge in [-0.3, -0.25) is 0 Å². The molecule has 17 heavy (non-hydrogen) atoms. The molecule has 3 nitrogen and oxygen atoms in total. The van der Waals surface area contributed by atoms with E-state index in [2.05, 4.69) is 10.3 Å². The molecule has 0 radical (unpaired) electrons. The fourth-order valence-electron chi connectivity index (χ4n) is 1.42. The summed E-state index contributed by atoms with van der Waals surface area (Å²) >= 11 is 0. The molecule has 4 heteroatoms. The van der Waals surface area contributed by atoms with Crippen molar-refractivity contribution in [2.24, 2.45) is 0 Å². The monoisotopic (exact) mass is 227 g/mol. The first-order valence-electron chi connectivity index (χ1n) is 5.08. The lowest BCUT2D eigenvalue weighted by Gasteiger charge is -2.07. The standard InChI is InChI=1S/C13H10FN3/c1-9-2-5-12(14)13(6-9)17-11-4-3-10(7-15)16-8-11/h2-6,8,17H,1H3. The van der Waals surface area contributed by atoms with E-state index in [4.69, 9.17) is 5.26 Å². The number of aromatic nitrogens is 1. The van der Waals surface area contributed by atoms with Crippen LogP contribution in [0.5, 0.6) is 0 Å². The molecule has 0 spiro atoms. The zero-order valence-corrected chi connectivity index (χ0v) is 9.24. The van der Waals surface area contributed by atoms with E-state index in [0.717, 1.165) is 5.56 Å². The first-order chi connectivity index (χ1) is 8.19. The van der Waals surface area contributed by atoms with Crippen LogP contribution in [0, 0.1) is 24.1 Å². The molecule has 1 heterocycles. The third-order valence-corrected chi connectivity index (χ3v) is 2.28. The van der Waals surface area contributed by atoms with Crippen LogP contribution in [0.25, 0.3) is 0 Å². The Hall–Kier alpha value is -2.41. The van der Waals surface area contributed by atoms with Crippen LogP contribution in [0.3, 0.4) is 0 Å². The third-order valence-electron chi connectivity index (χ3n) is 2.28. The van der Waals surface area contributed by atoms with Gasteiger partial charge in [0.25, 0.3) is 0 Å². The van der Waals surface area contributed by atoms with Crippen molar-refractivity contribution in [2.75, 3.05) is 5.32 Å². The van der Waals surface area contributed by atoms with E-state index in [1.807, 2.05) is 13.0 Å². The maximum absolute atomic E-state index is 13.5. The Morgan fingerprint density at radius 2 is 2.12 bits per heavy atom. The molecule has 2 aromatic rings. The maximum Gasteiger partial charge on any atom is 0.146 e. The summed E-state index contributed by atoms with van der Waals surface area (Å²) in [6.07, 6.45) is 1.50. The summed E-state index contributed by atoms with van der Waals surface area (Å²) in [4.78, 5) is 3.90. The lowest BCUT2D eigenvalue weighted by Crippen LogP contribution is -1.95. The van der Waals surface area contributed by atoms with E-state index in [1.54, 1.807) is 24.3 Å². The first-order valence-corrected chi connectivity index (χ1v) is 5.08. The Labute approximate surface area is 98.5 Å². The highest BCUT2D eigenvalue weighted by Crippen LogP contribution is 2.20. The van der Waals surface area contributed by atoms with Gasteiger partial charge < -0.3 is 5.32 Å². The first kappa shape index (κ1) is 11.1. The number of hydrogen-bond acceptors (Lipinski definition) is 3. The number of nitrogens with one attached hydrogen (secondary N) is 1. The molecule has 0 unspecified atom stereocenters. The second-order valence-corrected chi connectivity index (χ2v) is 3.65. The highest BCUT2D eigenvalue weighted by molar-refractivity contribution is 5.60. The molecule has 0 atom stereocenters. The number of nitrogens with zero attached hydrogens (tertiary/aromatic N) is 2. The van der Waals surface area contributed by atoms with Crippen molar-refractivity contribution in [3.8, 4) is 6.07 Å². The minimum absolute atomic E-state index is 0.319. The second kappa shape index (κ2) is 4.62. The van der Waals surface area contributed by atoms with Gasteiger partial charge in [-0.15, -0.1) is 0 Å². The number of hydrogen-bond donors (Lipinski definition) is 1. The van der Waals surface area contributed by atoms with Crippen molar-refractivity contribution in [3.63, 3.8) is 0 Å². The number of rotatable bonds is 2. The molecule has 0 fully saturated rings. The fourth-order valence-corrected chi connectivity index (χ4v) is 1.42. The Bertz CT molecular complexity index is 570. The lowest BCUT2D eigenvalue weighted by molar-refractivity contribution is 0.631.